The first-order chi connectivity index (χ1) is 8.66. The molecule has 3 nitrogen and oxygen atoms in total. The maximum absolute atomic E-state index is 10.9. The first-order valence-corrected chi connectivity index (χ1v) is 6.89. The molecule has 0 saturated carbocycles. The molecule has 0 spiro atoms. The van der Waals surface area contributed by atoms with E-state index in [9.17, 15) is 10.1 Å². The molecule has 0 radical (unpaired) electrons. The van der Waals surface area contributed by atoms with E-state index < -0.39 is 0 Å². The maximum atomic E-state index is 10.9. The minimum absolute atomic E-state index is 0.214. The van der Waals surface area contributed by atoms with Gasteiger partial charge in [0.1, 0.15) is 0 Å². The van der Waals surface area contributed by atoms with Crippen LogP contribution in [-0.2, 0) is 12.8 Å². The summed E-state index contributed by atoms with van der Waals surface area (Å²) < 4.78 is 0. The lowest BCUT2D eigenvalue weighted by Gasteiger charge is -2.09. The van der Waals surface area contributed by atoms with E-state index in [4.69, 9.17) is 0 Å². The van der Waals surface area contributed by atoms with Crippen molar-refractivity contribution in [2.45, 2.75) is 26.2 Å². The van der Waals surface area contributed by atoms with Crippen molar-refractivity contribution in [1.82, 2.24) is 0 Å². The van der Waals surface area contributed by atoms with E-state index in [0.717, 1.165) is 30.4 Å². The van der Waals surface area contributed by atoms with Crippen molar-refractivity contribution in [3.63, 3.8) is 0 Å². The van der Waals surface area contributed by atoms with E-state index in [2.05, 4.69) is 11.4 Å². The number of nitro groups is 1. The van der Waals surface area contributed by atoms with Gasteiger partial charge in [-0.15, -0.1) is 11.3 Å². The molecule has 0 unspecified atom stereocenters. The highest BCUT2D eigenvalue weighted by atomic mass is 32.1. The highest BCUT2D eigenvalue weighted by Crippen LogP contribution is 2.40. The van der Waals surface area contributed by atoms with Crippen molar-refractivity contribution in [3.05, 3.63) is 50.4 Å². The summed E-state index contributed by atoms with van der Waals surface area (Å²) in [7, 11) is 0. The first kappa shape index (κ1) is 11.4. The van der Waals surface area contributed by atoms with E-state index in [-0.39, 0.29) is 10.6 Å². The van der Waals surface area contributed by atoms with Crippen LogP contribution in [0.5, 0.6) is 0 Å². The summed E-state index contributed by atoms with van der Waals surface area (Å²) in [6, 6.07) is 5.61. The topological polar surface area (TPSA) is 43.1 Å². The van der Waals surface area contributed by atoms with E-state index in [1.807, 2.05) is 6.92 Å². The van der Waals surface area contributed by atoms with E-state index >= 15 is 0 Å². The van der Waals surface area contributed by atoms with Gasteiger partial charge in [0.25, 0.3) is 5.69 Å². The fraction of sp³-hybridized carbons (Fsp3) is 0.286. The van der Waals surface area contributed by atoms with E-state index in [1.165, 1.54) is 16.0 Å². The average molecular weight is 259 g/mol. The number of hydrogen-bond donors (Lipinski definition) is 0. The number of hydrogen-bond acceptors (Lipinski definition) is 3. The van der Waals surface area contributed by atoms with Crippen LogP contribution in [0.25, 0.3) is 10.4 Å². The van der Waals surface area contributed by atoms with E-state index in [1.54, 1.807) is 23.5 Å². The van der Waals surface area contributed by atoms with E-state index in [0.29, 0.717) is 0 Å². The predicted molar refractivity (Wildman–Crippen MR) is 73.2 cm³/mol. The van der Waals surface area contributed by atoms with Gasteiger partial charge >= 0.3 is 0 Å². The van der Waals surface area contributed by atoms with Crippen LogP contribution in [-0.4, -0.2) is 4.92 Å². The molecule has 0 saturated heterocycles. The lowest BCUT2D eigenvalue weighted by atomic mass is 9.98. The van der Waals surface area contributed by atoms with Crippen molar-refractivity contribution >= 4 is 17.0 Å². The van der Waals surface area contributed by atoms with Crippen LogP contribution in [0.3, 0.4) is 0 Å². The summed E-state index contributed by atoms with van der Waals surface area (Å²) in [5, 5.41) is 13.0. The minimum atomic E-state index is -0.298. The number of aryl methyl sites for hydroxylation is 3. The minimum Gasteiger partial charge on any atom is -0.258 e. The zero-order chi connectivity index (χ0) is 12.7. The highest BCUT2D eigenvalue weighted by Gasteiger charge is 2.20. The molecular weight excluding hydrogens is 246 g/mol. The van der Waals surface area contributed by atoms with Gasteiger partial charge in [-0.3, -0.25) is 10.1 Å². The molecule has 4 heteroatoms. The third-order valence-electron chi connectivity index (χ3n) is 3.48. The molecule has 0 fully saturated rings. The largest absolute Gasteiger partial charge is 0.270 e. The third-order valence-corrected chi connectivity index (χ3v) is 4.45. The third kappa shape index (κ3) is 1.73. The Hall–Kier alpha value is -1.68. The number of thiophene rings is 1. The molecule has 1 aromatic heterocycles. The van der Waals surface area contributed by atoms with Gasteiger partial charge < -0.3 is 0 Å². The Bertz CT molecular complexity index is 631. The zero-order valence-electron chi connectivity index (χ0n) is 10.1. The second kappa shape index (κ2) is 4.21. The molecule has 1 aliphatic carbocycles. The van der Waals surface area contributed by atoms with Gasteiger partial charge in [0.05, 0.1) is 4.92 Å². The average Bonchev–Trinajstić information content (AvgIpc) is 2.70. The summed E-state index contributed by atoms with van der Waals surface area (Å²) in [6.07, 6.45) is 3.07. The van der Waals surface area contributed by atoms with Crippen LogP contribution in [0, 0.1) is 17.0 Å². The molecule has 0 bridgehead atoms. The normalized spacial score (nSPS) is 13.6. The summed E-state index contributed by atoms with van der Waals surface area (Å²) in [5.41, 5.74) is 4.97. The molecule has 1 aliphatic rings. The smallest absolute Gasteiger partial charge is 0.258 e. The summed E-state index contributed by atoms with van der Waals surface area (Å²) >= 11 is 1.74. The van der Waals surface area contributed by atoms with Crippen molar-refractivity contribution in [1.29, 1.82) is 0 Å². The molecule has 0 aliphatic heterocycles. The first-order valence-electron chi connectivity index (χ1n) is 6.01. The van der Waals surface area contributed by atoms with Gasteiger partial charge in [-0.05, 0) is 59.9 Å². The second-order valence-corrected chi connectivity index (χ2v) is 5.60. The van der Waals surface area contributed by atoms with Crippen molar-refractivity contribution in [3.8, 4) is 10.4 Å². The quantitative estimate of drug-likeness (QED) is 0.571. The Kier molecular flexibility index (Phi) is 2.67. The van der Waals surface area contributed by atoms with Crippen LogP contribution in [0.15, 0.2) is 23.6 Å². The highest BCUT2D eigenvalue weighted by molar-refractivity contribution is 7.13. The number of benzene rings is 1. The van der Waals surface area contributed by atoms with Crippen molar-refractivity contribution in [2.75, 3.05) is 0 Å². The van der Waals surface area contributed by atoms with Gasteiger partial charge in [-0.1, -0.05) is 0 Å². The van der Waals surface area contributed by atoms with Crippen LogP contribution in [0.4, 0.5) is 5.69 Å². The monoisotopic (exact) mass is 259 g/mol. The molecule has 1 heterocycles. The second-order valence-electron chi connectivity index (χ2n) is 4.68. The van der Waals surface area contributed by atoms with Gasteiger partial charge in [0.2, 0.25) is 0 Å². The van der Waals surface area contributed by atoms with Crippen molar-refractivity contribution in [2.24, 2.45) is 0 Å². The van der Waals surface area contributed by atoms with Gasteiger partial charge in [-0.2, -0.15) is 0 Å². The maximum Gasteiger partial charge on any atom is 0.270 e. The Morgan fingerprint density at radius 1 is 1.28 bits per heavy atom. The lowest BCUT2D eigenvalue weighted by molar-refractivity contribution is -0.384. The Balaban J connectivity index is 2.26. The summed E-state index contributed by atoms with van der Waals surface area (Å²) in [5.74, 6) is 0. The Morgan fingerprint density at radius 2 is 2.06 bits per heavy atom. The number of rotatable bonds is 1. The SMILES string of the molecule is Cc1cc([N+](=O)[O-])cc2c1-c1sccc1CCC2. The Morgan fingerprint density at radius 3 is 2.83 bits per heavy atom. The number of fused-ring (bicyclic) bond motifs is 3. The molecule has 1 aromatic carbocycles. The number of non-ortho nitro benzene ring substituents is 1. The van der Waals surface area contributed by atoms with Gasteiger partial charge in [0.15, 0.2) is 0 Å². The lowest BCUT2D eigenvalue weighted by Crippen LogP contribution is -1.95. The predicted octanol–water partition coefficient (Wildman–Crippen LogP) is 4.12. The zero-order valence-corrected chi connectivity index (χ0v) is 10.9. The molecule has 2 aromatic rings. The molecular formula is C14H13NO2S. The van der Waals surface area contributed by atoms with Crippen LogP contribution < -0.4 is 0 Å². The molecule has 92 valence electrons. The number of nitrogens with zero attached hydrogens (tertiary/aromatic N) is 1. The van der Waals surface area contributed by atoms with Gasteiger partial charge in [0, 0.05) is 17.0 Å². The van der Waals surface area contributed by atoms with Crippen molar-refractivity contribution < 1.29 is 4.92 Å². The standard InChI is InChI=1S/C14H13NO2S/c1-9-7-12(15(16)17)8-11-4-2-3-10-5-6-18-14(10)13(9)11/h5-8H,2-4H2,1H3. The molecule has 3 rings (SSSR count). The Labute approximate surface area is 109 Å². The van der Waals surface area contributed by atoms with Crippen LogP contribution >= 0.6 is 11.3 Å². The van der Waals surface area contributed by atoms with Crippen LogP contribution in [0.1, 0.15) is 23.1 Å². The molecule has 18 heavy (non-hydrogen) atoms. The summed E-state index contributed by atoms with van der Waals surface area (Å²) in [6.45, 7) is 1.97. The molecule has 0 atom stereocenters. The van der Waals surface area contributed by atoms with Gasteiger partial charge in [-0.25, -0.2) is 0 Å². The summed E-state index contributed by atoms with van der Waals surface area (Å²) in [4.78, 5) is 11.9. The number of nitro benzene ring substituents is 1. The fourth-order valence-corrected chi connectivity index (χ4v) is 3.79. The van der Waals surface area contributed by atoms with Crippen LogP contribution in [0.2, 0.25) is 0 Å². The fourth-order valence-electron chi connectivity index (χ4n) is 2.69. The molecule has 0 amide bonds. The molecule has 0 N–H and O–H groups in total.